The van der Waals surface area contributed by atoms with Crippen LogP contribution in [-0.2, 0) is 5.41 Å². The van der Waals surface area contributed by atoms with E-state index in [4.69, 9.17) is 0 Å². The minimum Gasteiger partial charge on any atom is -0.256 e. The number of nitrogens with zero attached hydrogens (tertiary/aromatic N) is 1. The molecule has 0 radical (unpaired) electrons. The highest BCUT2D eigenvalue weighted by atomic mass is 127. The summed E-state index contributed by atoms with van der Waals surface area (Å²) in [5.74, 6) is 0. The van der Waals surface area contributed by atoms with E-state index in [0.717, 1.165) is 5.69 Å². The van der Waals surface area contributed by atoms with Crippen molar-refractivity contribution in [3.8, 4) is 11.3 Å². The summed E-state index contributed by atoms with van der Waals surface area (Å²) < 4.78 is 2.61. The average molecular weight is 393 g/mol. The second kappa shape index (κ2) is 5.11. The fourth-order valence-electron chi connectivity index (χ4n) is 2.29. The van der Waals surface area contributed by atoms with Gasteiger partial charge >= 0.3 is 0 Å². The molecular weight excluding hydrogens is 377 g/mol. The van der Waals surface area contributed by atoms with E-state index in [0.29, 0.717) is 0 Å². The van der Waals surface area contributed by atoms with Crippen molar-refractivity contribution in [3.05, 3.63) is 51.0 Å². The zero-order chi connectivity index (χ0) is 14.3. The Balaban J connectivity index is 2.11. The van der Waals surface area contributed by atoms with Crippen LogP contribution in [0.3, 0.4) is 0 Å². The highest BCUT2D eigenvalue weighted by Crippen LogP contribution is 2.34. The van der Waals surface area contributed by atoms with E-state index in [1.807, 2.05) is 17.5 Å². The monoisotopic (exact) mass is 393 g/mol. The van der Waals surface area contributed by atoms with Gasteiger partial charge in [-0.2, -0.15) is 0 Å². The molecule has 0 saturated carbocycles. The lowest BCUT2D eigenvalue weighted by molar-refractivity contribution is 0.590. The number of hydrogen-bond donors (Lipinski definition) is 0. The summed E-state index contributed by atoms with van der Waals surface area (Å²) in [5.41, 5.74) is 3.82. The van der Waals surface area contributed by atoms with Gasteiger partial charge in [0.2, 0.25) is 0 Å². The normalized spacial score (nSPS) is 12.0. The van der Waals surface area contributed by atoms with Crippen molar-refractivity contribution in [2.24, 2.45) is 0 Å². The highest BCUT2D eigenvalue weighted by molar-refractivity contribution is 14.1. The van der Waals surface area contributed by atoms with Crippen LogP contribution in [0.1, 0.15) is 26.3 Å². The topological polar surface area (TPSA) is 12.9 Å². The zero-order valence-corrected chi connectivity index (χ0v) is 14.7. The van der Waals surface area contributed by atoms with Gasteiger partial charge in [0.1, 0.15) is 0 Å². The highest BCUT2D eigenvalue weighted by Gasteiger charge is 2.14. The van der Waals surface area contributed by atoms with Crippen molar-refractivity contribution in [2.75, 3.05) is 0 Å². The number of benzene rings is 1. The summed E-state index contributed by atoms with van der Waals surface area (Å²) in [7, 11) is 0. The van der Waals surface area contributed by atoms with Crippen molar-refractivity contribution >= 4 is 44.0 Å². The van der Waals surface area contributed by atoms with E-state index in [1.54, 1.807) is 0 Å². The third kappa shape index (κ3) is 2.61. The maximum absolute atomic E-state index is 4.59. The Morgan fingerprint density at radius 3 is 2.40 bits per heavy atom. The molecule has 0 unspecified atom stereocenters. The molecule has 0 fully saturated rings. The number of aromatic nitrogens is 1. The molecule has 1 nitrogen and oxygen atoms in total. The Bertz CT molecular complexity index is 751. The minimum absolute atomic E-state index is 0.190. The van der Waals surface area contributed by atoms with E-state index in [1.165, 1.54) is 24.1 Å². The number of hydrogen-bond acceptors (Lipinski definition) is 2. The average Bonchev–Trinajstić information content (AvgIpc) is 2.78. The molecule has 0 spiro atoms. The molecule has 0 saturated heterocycles. The van der Waals surface area contributed by atoms with Gasteiger partial charge in [-0.05, 0) is 45.7 Å². The van der Waals surface area contributed by atoms with Gasteiger partial charge in [0, 0.05) is 21.8 Å². The number of thiophene rings is 1. The molecule has 0 bridgehead atoms. The first kappa shape index (κ1) is 14.0. The molecule has 3 aromatic rings. The standard InChI is InChI=1S/C17H16INS/c1-17(2,3)12-6-4-11(5-7-12)16-13-10-15(18)20-14(13)8-9-19-16/h4-10H,1-3H3. The molecule has 20 heavy (non-hydrogen) atoms. The molecule has 2 aromatic heterocycles. The molecule has 0 aliphatic carbocycles. The van der Waals surface area contributed by atoms with Crippen molar-refractivity contribution in [3.63, 3.8) is 0 Å². The Labute approximate surface area is 137 Å². The fourth-order valence-corrected chi connectivity index (χ4v) is 4.09. The Morgan fingerprint density at radius 2 is 1.75 bits per heavy atom. The van der Waals surface area contributed by atoms with E-state index in [2.05, 4.69) is 84.7 Å². The summed E-state index contributed by atoms with van der Waals surface area (Å²) in [6.07, 6.45) is 1.90. The molecule has 0 amide bonds. The van der Waals surface area contributed by atoms with Gasteiger partial charge in [0.15, 0.2) is 0 Å². The van der Waals surface area contributed by atoms with E-state index in [-0.39, 0.29) is 5.41 Å². The smallest absolute Gasteiger partial charge is 0.0789 e. The van der Waals surface area contributed by atoms with Gasteiger partial charge in [-0.15, -0.1) is 11.3 Å². The number of pyridine rings is 1. The third-order valence-corrected chi connectivity index (χ3v) is 5.30. The largest absolute Gasteiger partial charge is 0.256 e. The predicted octanol–water partition coefficient (Wildman–Crippen LogP) is 5.87. The summed E-state index contributed by atoms with van der Waals surface area (Å²) in [6, 6.07) is 13.1. The van der Waals surface area contributed by atoms with Crippen LogP contribution in [0.15, 0.2) is 42.6 Å². The zero-order valence-electron chi connectivity index (χ0n) is 11.8. The van der Waals surface area contributed by atoms with Crippen LogP contribution < -0.4 is 0 Å². The molecule has 0 aliphatic heterocycles. The van der Waals surface area contributed by atoms with Gasteiger partial charge in [-0.3, -0.25) is 4.98 Å². The number of rotatable bonds is 1. The first-order chi connectivity index (χ1) is 9.45. The van der Waals surface area contributed by atoms with Crippen LogP contribution in [0.25, 0.3) is 21.3 Å². The molecule has 2 heterocycles. The summed E-state index contributed by atoms with van der Waals surface area (Å²) in [6.45, 7) is 6.71. The molecule has 0 atom stereocenters. The third-order valence-electron chi connectivity index (χ3n) is 3.44. The summed E-state index contributed by atoms with van der Waals surface area (Å²) in [5, 5.41) is 1.26. The lowest BCUT2D eigenvalue weighted by atomic mass is 9.86. The van der Waals surface area contributed by atoms with Crippen LogP contribution in [0.5, 0.6) is 0 Å². The maximum Gasteiger partial charge on any atom is 0.0789 e. The Kier molecular flexibility index (Phi) is 3.58. The molecule has 1 aromatic carbocycles. The van der Waals surface area contributed by atoms with Crippen molar-refractivity contribution in [2.45, 2.75) is 26.2 Å². The maximum atomic E-state index is 4.59. The molecule has 0 N–H and O–H groups in total. The predicted molar refractivity (Wildman–Crippen MR) is 96.5 cm³/mol. The van der Waals surface area contributed by atoms with E-state index in [9.17, 15) is 0 Å². The quantitative estimate of drug-likeness (QED) is 0.472. The van der Waals surface area contributed by atoms with Crippen molar-refractivity contribution < 1.29 is 0 Å². The Morgan fingerprint density at radius 1 is 1.05 bits per heavy atom. The van der Waals surface area contributed by atoms with Crippen molar-refractivity contribution in [1.82, 2.24) is 4.98 Å². The van der Waals surface area contributed by atoms with Crippen LogP contribution in [0.4, 0.5) is 0 Å². The van der Waals surface area contributed by atoms with Crippen LogP contribution >= 0.6 is 33.9 Å². The molecule has 3 heteroatoms. The molecule has 102 valence electrons. The fraction of sp³-hybridized carbons (Fsp3) is 0.235. The van der Waals surface area contributed by atoms with E-state index < -0.39 is 0 Å². The van der Waals surface area contributed by atoms with Crippen LogP contribution in [-0.4, -0.2) is 4.98 Å². The lowest BCUT2D eigenvalue weighted by Gasteiger charge is -2.19. The minimum atomic E-state index is 0.190. The van der Waals surface area contributed by atoms with Gasteiger partial charge in [0.25, 0.3) is 0 Å². The van der Waals surface area contributed by atoms with Gasteiger partial charge < -0.3 is 0 Å². The Hall–Kier alpha value is -0.940. The SMILES string of the molecule is CC(C)(C)c1ccc(-c2nccc3sc(I)cc23)cc1. The van der Waals surface area contributed by atoms with Gasteiger partial charge in [-0.25, -0.2) is 0 Å². The first-order valence-electron chi connectivity index (χ1n) is 6.60. The van der Waals surface area contributed by atoms with Gasteiger partial charge in [0.05, 0.1) is 8.58 Å². The van der Waals surface area contributed by atoms with E-state index >= 15 is 0 Å². The summed E-state index contributed by atoms with van der Waals surface area (Å²) >= 11 is 4.19. The number of fused-ring (bicyclic) bond motifs is 1. The first-order valence-corrected chi connectivity index (χ1v) is 8.50. The molecule has 3 rings (SSSR count). The van der Waals surface area contributed by atoms with Crippen LogP contribution in [0.2, 0.25) is 0 Å². The second-order valence-corrected chi connectivity index (χ2v) is 8.93. The molecular formula is C17H16INS. The number of halogens is 1. The van der Waals surface area contributed by atoms with Crippen LogP contribution in [0, 0.1) is 2.88 Å². The van der Waals surface area contributed by atoms with Gasteiger partial charge in [-0.1, -0.05) is 45.0 Å². The molecule has 0 aliphatic rings. The second-order valence-electron chi connectivity index (χ2n) is 5.95. The lowest BCUT2D eigenvalue weighted by Crippen LogP contribution is -2.10. The van der Waals surface area contributed by atoms with Crippen molar-refractivity contribution in [1.29, 1.82) is 0 Å². The summed E-state index contributed by atoms with van der Waals surface area (Å²) in [4.78, 5) is 4.59.